The molecule has 2 saturated heterocycles. The molecule has 9 heteroatoms. The van der Waals surface area contributed by atoms with Crippen LogP contribution in [0.5, 0.6) is 5.75 Å². The molecule has 0 spiro atoms. The Balaban J connectivity index is 0.893. The number of aldehydes is 1. The number of Topliss-reactive ketones (excluding diaryl/α,β-unsaturated/α-hetero) is 1. The van der Waals surface area contributed by atoms with Crippen molar-refractivity contribution in [2.75, 3.05) is 39.3 Å². The number of hydrogen-bond donors (Lipinski definition) is 0. The second kappa shape index (κ2) is 21.7. The van der Waals surface area contributed by atoms with Gasteiger partial charge in [0, 0.05) is 91.1 Å². The number of unbranched alkanes of at least 4 members (excludes halogenated alkanes) is 2. The van der Waals surface area contributed by atoms with Crippen molar-refractivity contribution in [2.45, 2.75) is 91.8 Å². The number of ether oxygens (including phenoxy) is 2. The number of hydrogen-bond acceptors (Lipinski definition) is 7. The maximum absolute atomic E-state index is 15.7. The van der Waals surface area contributed by atoms with E-state index < -0.39 is 0 Å². The number of fused-ring (bicyclic) bond motifs is 3. The van der Waals surface area contributed by atoms with Crippen LogP contribution in [-0.4, -0.2) is 83.0 Å². The van der Waals surface area contributed by atoms with Gasteiger partial charge in [0.05, 0.1) is 29.8 Å². The number of piperidine rings is 1. The van der Waals surface area contributed by atoms with E-state index in [0.717, 1.165) is 126 Å². The summed E-state index contributed by atoms with van der Waals surface area (Å²) in [6.07, 6.45) is 18.9. The molecule has 2 fully saturated rings. The summed E-state index contributed by atoms with van der Waals surface area (Å²) >= 11 is 0. The Bertz CT molecular complexity index is 2490. The van der Waals surface area contributed by atoms with Crippen LogP contribution in [0.4, 0.5) is 4.39 Å². The van der Waals surface area contributed by atoms with Gasteiger partial charge < -0.3 is 28.6 Å². The first-order valence-corrected chi connectivity index (χ1v) is 22.5. The topological polar surface area (TPSA) is 76.9 Å². The molecule has 1 atom stereocenters. The van der Waals surface area contributed by atoms with Gasteiger partial charge in [-0.2, -0.15) is 0 Å². The SMILES string of the molecule is C=C=C(C)c1cc(OCCCCCN2CCC(OC3CN(C(=C)/C=C\C(=C/C)c4c(F)cc5c6cnccc6n(C)c5c4C)C3)CC2)ccc1C(=O)C(=C)C(CCC=O)/C(C)=C/C. The number of pyridine rings is 1. The Morgan fingerprint density at radius 3 is 2.46 bits per heavy atom. The first kappa shape index (κ1) is 46.9. The zero-order valence-electron chi connectivity index (χ0n) is 38.3. The molecular weight excluding hydrogens is 788 g/mol. The highest BCUT2D eigenvalue weighted by molar-refractivity contribution is 6.12. The van der Waals surface area contributed by atoms with Gasteiger partial charge >= 0.3 is 0 Å². The summed E-state index contributed by atoms with van der Waals surface area (Å²) in [6.45, 7) is 27.4. The van der Waals surface area contributed by atoms with Crippen molar-refractivity contribution in [3.8, 4) is 5.75 Å². The molecule has 2 aromatic heterocycles. The van der Waals surface area contributed by atoms with Gasteiger partial charge in [0.25, 0.3) is 0 Å². The van der Waals surface area contributed by atoms with E-state index in [1.165, 1.54) is 0 Å². The molecule has 0 saturated carbocycles. The predicted octanol–water partition coefficient (Wildman–Crippen LogP) is 11.6. The van der Waals surface area contributed by atoms with Crippen LogP contribution in [0.2, 0.25) is 0 Å². The summed E-state index contributed by atoms with van der Waals surface area (Å²) in [4.78, 5) is 33.9. The van der Waals surface area contributed by atoms with Crippen molar-refractivity contribution in [1.29, 1.82) is 0 Å². The monoisotopic (exact) mass is 852 g/mol. The van der Waals surface area contributed by atoms with E-state index in [0.29, 0.717) is 41.9 Å². The third kappa shape index (κ3) is 10.8. The lowest BCUT2D eigenvalue weighted by molar-refractivity contribution is -0.108. The van der Waals surface area contributed by atoms with Crippen molar-refractivity contribution in [2.24, 2.45) is 13.0 Å². The fourth-order valence-corrected chi connectivity index (χ4v) is 9.15. The Hall–Kier alpha value is -5.60. The van der Waals surface area contributed by atoms with Crippen LogP contribution in [0.25, 0.3) is 33.0 Å². The molecule has 63 heavy (non-hydrogen) atoms. The van der Waals surface area contributed by atoms with Crippen LogP contribution in [0.3, 0.4) is 0 Å². The average Bonchev–Trinajstić information content (AvgIpc) is 3.57. The van der Waals surface area contributed by atoms with Crippen molar-refractivity contribution < 1.29 is 23.5 Å². The van der Waals surface area contributed by atoms with Crippen molar-refractivity contribution >= 4 is 45.0 Å². The molecule has 0 bridgehead atoms. The average molecular weight is 853 g/mol. The van der Waals surface area contributed by atoms with Gasteiger partial charge in [-0.05, 0) is 138 Å². The lowest BCUT2D eigenvalue weighted by Crippen LogP contribution is -2.53. The van der Waals surface area contributed by atoms with E-state index in [9.17, 15) is 9.59 Å². The van der Waals surface area contributed by atoms with E-state index in [2.05, 4.69) is 44.8 Å². The van der Waals surface area contributed by atoms with Crippen molar-refractivity contribution in [1.82, 2.24) is 19.4 Å². The predicted molar refractivity (Wildman–Crippen MR) is 256 cm³/mol. The largest absolute Gasteiger partial charge is 0.494 e. The van der Waals surface area contributed by atoms with Gasteiger partial charge in [0.2, 0.25) is 0 Å². The van der Waals surface area contributed by atoms with E-state index in [-0.39, 0.29) is 29.7 Å². The number of likely N-dealkylation sites (tertiary alicyclic amines) is 2. The third-order valence-electron chi connectivity index (χ3n) is 13.1. The van der Waals surface area contributed by atoms with E-state index >= 15 is 4.39 Å². The summed E-state index contributed by atoms with van der Waals surface area (Å²) < 4.78 is 30.5. The molecule has 2 aliphatic rings. The van der Waals surface area contributed by atoms with Crippen LogP contribution in [-0.2, 0) is 16.6 Å². The lowest BCUT2D eigenvalue weighted by atomic mass is 9.83. The third-order valence-corrected chi connectivity index (χ3v) is 13.1. The second-order valence-electron chi connectivity index (χ2n) is 17.1. The number of aryl methyl sites for hydroxylation is 2. The van der Waals surface area contributed by atoms with Gasteiger partial charge in [0.1, 0.15) is 17.9 Å². The highest BCUT2D eigenvalue weighted by atomic mass is 19.1. The molecule has 0 radical (unpaired) electrons. The minimum absolute atomic E-state index is 0.139. The molecule has 8 nitrogen and oxygen atoms in total. The maximum Gasteiger partial charge on any atom is 0.189 e. The van der Waals surface area contributed by atoms with Crippen LogP contribution >= 0.6 is 0 Å². The van der Waals surface area contributed by atoms with E-state index in [1.54, 1.807) is 12.3 Å². The minimum atomic E-state index is -0.239. The molecule has 2 aromatic carbocycles. The number of halogens is 1. The summed E-state index contributed by atoms with van der Waals surface area (Å²) in [5.41, 5.74) is 11.8. The van der Waals surface area contributed by atoms with Crippen molar-refractivity contribution in [3.63, 3.8) is 0 Å². The first-order valence-electron chi connectivity index (χ1n) is 22.5. The van der Waals surface area contributed by atoms with Crippen LogP contribution in [0, 0.1) is 18.7 Å². The Morgan fingerprint density at radius 2 is 1.76 bits per heavy atom. The number of carbonyl (C=O) groups is 2. The number of rotatable bonds is 21. The van der Waals surface area contributed by atoms with Gasteiger partial charge in [-0.25, -0.2) is 4.39 Å². The van der Waals surface area contributed by atoms with Gasteiger partial charge in [-0.1, -0.05) is 43.5 Å². The zero-order valence-corrected chi connectivity index (χ0v) is 38.3. The Morgan fingerprint density at radius 1 is 1.00 bits per heavy atom. The number of benzene rings is 2. The van der Waals surface area contributed by atoms with Gasteiger partial charge in [-0.15, -0.1) is 5.73 Å². The highest BCUT2D eigenvalue weighted by Crippen LogP contribution is 2.36. The molecule has 0 aliphatic carbocycles. The van der Waals surface area contributed by atoms with Crippen LogP contribution in [0.15, 0.2) is 109 Å². The highest BCUT2D eigenvalue weighted by Gasteiger charge is 2.31. The van der Waals surface area contributed by atoms with Gasteiger partial charge in [0.15, 0.2) is 5.78 Å². The van der Waals surface area contributed by atoms with Crippen molar-refractivity contribution in [3.05, 3.63) is 137 Å². The summed E-state index contributed by atoms with van der Waals surface area (Å²) in [5.74, 6) is 0.141. The number of allylic oxidation sites excluding steroid dienone is 8. The summed E-state index contributed by atoms with van der Waals surface area (Å²) in [6, 6.07) is 9.17. The molecule has 2 aliphatic heterocycles. The molecule has 1 unspecified atom stereocenters. The standard InChI is InChI=1S/C54H65FN4O4/c1-10-36(4)45(17-16-29-60)39(7)54(61)46-21-20-43(31-47(46)37(5)11-2)62-30-15-13-14-26-58-27-23-42(24-28-58)63-44-34-59(35-44)38(6)18-19-41(12-3)52-40(8)53-48(32-50(52)55)49-33-56-25-22-51(49)57(53)9/h10,12,18-22,25,29,31-33,42,44-45H,2,6-7,13-17,23-24,26-28,30,34-35H2,1,3-5,8-9H3/b19-18-,36-10+,41-12+. The molecular formula is C54H65FN4O4. The molecule has 0 amide bonds. The number of aromatic nitrogens is 2. The van der Waals surface area contributed by atoms with E-state index in [4.69, 9.17) is 9.47 Å². The molecule has 0 N–H and O–H groups in total. The van der Waals surface area contributed by atoms with Crippen LogP contribution in [0.1, 0.15) is 99.7 Å². The number of ketones is 1. The molecule has 4 aromatic rings. The van der Waals surface area contributed by atoms with E-state index in [1.807, 2.05) is 96.4 Å². The maximum atomic E-state index is 15.7. The second-order valence-corrected chi connectivity index (χ2v) is 17.1. The zero-order chi connectivity index (χ0) is 45.2. The smallest absolute Gasteiger partial charge is 0.189 e. The lowest BCUT2D eigenvalue weighted by Gasteiger charge is -2.43. The minimum Gasteiger partial charge on any atom is -0.494 e. The fraction of sp³-hybridized carbons (Fsp3) is 0.407. The summed E-state index contributed by atoms with van der Waals surface area (Å²) in [5, 5.41) is 1.83. The molecule has 6 rings (SSSR count). The Labute approximate surface area is 373 Å². The summed E-state index contributed by atoms with van der Waals surface area (Å²) in [7, 11) is 2.02. The quantitative estimate of drug-likeness (QED) is 0.0157. The van der Waals surface area contributed by atoms with Crippen LogP contribution < -0.4 is 4.74 Å². The fourth-order valence-electron chi connectivity index (χ4n) is 9.15. The normalized spacial score (nSPS) is 16.1. The first-order chi connectivity index (χ1) is 30.4. The molecule has 332 valence electrons. The molecule has 4 heterocycles. The van der Waals surface area contributed by atoms with Gasteiger partial charge in [-0.3, -0.25) is 9.78 Å². The Kier molecular flexibility index (Phi) is 16.1. The number of carbonyl (C=O) groups excluding carboxylic acids is 2. The number of nitrogens with zero attached hydrogens (tertiary/aromatic N) is 4.